The van der Waals surface area contributed by atoms with Crippen LogP contribution in [-0.4, -0.2) is 53.0 Å². The molecule has 1 aromatic carbocycles. The maximum absolute atomic E-state index is 10.8. The Morgan fingerprint density at radius 3 is 2.26 bits per heavy atom. The van der Waals surface area contributed by atoms with Gasteiger partial charge in [0.05, 0.1) is 7.11 Å². The van der Waals surface area contributed by atoms with Gasteiger partial charge in [0.15, 0.2) is 0 Å². The number of nitrogens with zero attached hydrogens (tertiary/aromatic N) is 6. The van der Waals surface area contributed by atoms with Crippen LogP contribution in [-0.2, 0) is 7.05 Å². The number of hydrogen-bond donors (Lipinski definition) is 0. The molecule has 1 fully saturated rings. The van der Waals surface area contributed by atoms with Crippen LogP contribution in [0, 0.1) is 10.1 Å². The first-order valence-corrected chi connectivity index (χ1v) is 7.28. The molecule has 2 aromatic rings. The number of aromatic nitrogens is 3. The van der Waals surface area contributed by atoms with E-state index in [9.17, 15) is 10.1 Å². The summed E-state index contributed by atoms with van der Waals surface area (Å²) in [5.41, 5.74) is 1.13. The van der Waals surface area contributed by atoms with Crippen LogP contribution < -0.4 is 14.5 Å². The molecular weight excluding hydrogens is 300 g/mol. The molecule has 122 valence electrons. The molecule has 1 aromatic heterocycles. The van der Waals surface area contributed by atoms with Gasteiger partial charge in [-0.05, 0) is 34.2 Å². The van der Waals surface area contributed by atoms with Crippen molar-refractivity contribution in [2.45, 2.75) is 0 Å². The maximum atomic E-state index is 10.8. The standard InChI is InChI=1S/C14H18N6O3/c1-17-14(15-13(16-17)20(21)22)19-9-7-18(8-10-19)11-3-5-12(23-2)6-4-11/h3-6H,7-10H2,1-2H3. The van der Waals surface area contributed by atoms with Crippen LogP contribution in [0.1, 0.15) is 0 Å². The van der Waals surface area contributed by atoms with Crippen molar-refractivity contribution in [2.24, 2.45) is 7.05 Å². The lowest BCUT2D eigenvalue weighted by Gasteiger charge is -2.35. The van der Waals surface area contributed by atoms with Crippen LogP contribution in [0.2, 0.25) is 0 Å². The molecule has 0 aliphatic carbocycles. The molecular formula is C14H18N6O3. The van der Waals surface area contributed by atoms with Gasteiger partial charge in [-0.15, -0.1) is 0 Å². The number of aryl methyl sites for hydroxylation is 1. The van der Waals surface area contributed by atoms with Crippen molar-refractivity contribution in [3.63, 3.8) is 0 Å². The zero-order valence-corrected chi connectivity index (χ0v) is 13.0. The van der Waals surface area contributed by atoms with E-state index in [0.717, 1.165) is 37.6 Å². The number of anilines is 2. The highest BCUT2D eigenvalue weighted by atomic mass is 16.6. The Kier molecular flexibility index (Phi) is 4.00. The Bertz CT molecular complexity index is 691. The topological polar surface area (TPSA) is 89.6 Å². The summed E-state index contributed by atoms with van der Waals surface area (Å²) in [6.07, 6.45) is 0. The second kappa shape index (κ2) is 6.11. The number of rotatable bonds is 4. The fraction of sp³-hybridized carbons (Fsp3) is 0.429. The predicted octanol–water partition coefficient (Wildman–Crippen LogP) is 1.06. The summed E-state index contributed by atoms with van der Waals surface area (Å²) in [6.45, 7) is 3.09. The van der Waals surface area contributed by atoms with Gasteiger partial charge in [0, 0.05) is 44.0 Å². The van der Waals surface area contributed by atoms with Crippen molar-refractivity contribution in [3.05, 3.63) is 34.4 Å². The molecule has 9 heteroatoms. The third-order valence-corrected chi connectivity index (χ3v) is 3.89. The lowest BCUT2D eigenvalue weighted by molar-refractivity contribution is -0.394. The zero-order chi connectivity index (χ0) is 16.4. The van der Waals surface area contributed by atoms with Gasteiger partial charge in [-0.25, -0.2) is 0 Å². The van der Waals surface area contributed by atoms with E-state index in [1.807, 2.05) is 29.2 Å². The molecule has 23 heavy (non-hydrogen) atoms. The first-order valence-electron chi connectivity index (χ1n) is 7.28. The lowest BCUT2D eigenvalue weighted by atomic mass is 10.2. The second-order valence-electron chi connectivity index (χ2n) is 5.26. The summed E-state index contributed by atoms with van der Waals surface area (Å²) in [4.78, 5) is 18.5. The predicted molar refractivity (Wildman–Crippen MR) is 85.1 cm³/mol. The number of ether oxygens (including phenoxy) is 1. The molecule has 2 heterocycles. The summed E-state index contributed by atoms with van der Waals surface area (Å²) in [6, 6.07) is 7.94. The van der Waals surface area contributed by atoms with Crippen LogP contribution in [0.5, 0.6) is 5.75 Å². The number of piperazine rings is 1. The van der Waals surface area contributed by atoms with Crippen molar-refractivity contribution >= 4 is 17.6 Å². The molecule has 0 atom stereocenters. The van der Waals surface area contributed by atoms with Crippen LogP contribution >= 0.6 is 0 Å². The second-order valence-corrected chi connectivity index (χ2v) is 5.26. The molecule has 0 radical (unpaired) electrons. The molecule has 3 rings (SSSR count). The van der Waals surface area contributed by atoms with Crippen molar-refractivity contribution < 1.29 is 9.66 Å². The van der Waals surface area contributed by atoms with E-state index in [1.165, 1.54) is 4.68 Å². The number of nitro groups is 1. The van der Waals surface area contributed by atoms with Gasteiger partial charge in [0.1, 0.15) is 5.75 Å². The van der Waals surface area contributed by atoms with E-state index in [2.05, 4.69) is 15.0 Å². The minimum absolute atomic E-state index is 0.361. The quantitative estimate of drug-likeness (QED) is 0.615. The summed E-state index contributed by atoms with van der Waals surface area (Å²) in [7, 11) is 3.32. The van der Waals surface area contributed by atoms with Gasteiger partial charge in [-0.1, -0.05) is 0 Å². The Hall–Kier alpha value is -2.84. The van der Waals surface area contributed by atoms with Crippen LogP contribution in [0.3, 0.4) is 0 Å². The molecule has 1 aliphatic rings. The first kappa shape index (κ1) is 15.1. The highest BCUT2D eigenvalue weighted by Gasteiger charge is 2.27. The van der Waals surface area contributed by atoms with E-state index in [0.29, 0.717) is 5.95 Å². The van der Waals surface area contributed by atoms with Gasteiger partial charge in [0.2, 0.25) is 0 Å². The molecule has 1 aliphatic heterocycles. The maximum Gasteiger partial charge on any atom is 0.493 e. The largest absolute Gasteiger partial charge is 0.497 e. The number of benzene rings is 1. The Labute approximate surface area is 133 Å². The SMILES string of the molecule is COc1ccc(N2CCN(c3nc([N+](=O)[O-])nn3C)CC2)cc1. The van der Waals surface area contributed by atoms with Gasteiger partial charge in [-0.2, -0.15) is 4.68 Å². The molecule has 0 bridgehead atoms. The molecule has 1 saturated heterocycles. The number of hydrogen-bond acceptors (Lipinski definition) is 7. The van der Waals surface area contributed by atoms with Gasteiger partial charge >= 0.3 is 11.9 Å². The van der Waals surface area contributed by atoms with Crippen LogP contribution in [0.25, 0.3) is 0 Å². The minimum atomic E-state index is -0.572. The number of methoxy groups -OCH3 is 1. The Morgan fingerprint density at radius 2 is 1.74 bits per heavy atom. The molecule has 0 amide bonds. The Morgan fingerprint density at radius 1 is 1.13 bits per heavy atom. The van der Waals surface area contributed by atoms with E-state index in [4.69, 9.17) is 4.74 Å². The Balaban J connectivity index is 1.67. The summed E-state index contributed by atoms with van der Waals surface area (Å²) in [5, 5.41) is 14.6. The van der Waals surface area contributed by atoms with E-state index in [-0.39, 0.29) is 5.95 Å². The molecule has 0 N–H and O–H groups in total. The smallest absolute Gasteiger partial charge is 0.493 e. The highest BCUT2D eigenvalue weighted by Crippen LogP contribution is 2.22. The molecule has 0 saturated carbocycles. The fourth-order valence-corrected chi connectivity index (χ4v) is 2.67. The van der Waals surface area contributed by atoms with Gasteiger partial charge in [-0.3, -0.25) is 0 Å². The summed E-state index contributed by atoms with van der Waals surface area (Å²) < 4.78 is 6.63. The van der Waals surface area contributed by atoms with Gasteiger partial charge in [0.25, 0.3) is 0 Å². The van der Waals surface area contributed by atoms with Crippen LogP contribution in [0.15, 0.2) is 24.3 Å². The van der Waals surface area contributed by atoms with Crippen LogP contribution in [0.4, 0.5) is 17.6 Å². The lowest BCUT2D eigenvalue weighted by Crippen LogP contribution is -2.47. The van der Waals surface area contributed by atoms with E-state index < -0.39 is 4.92 Å². The third kappa shape index (κ3) is 3.03. The molecule has 9 nitrogen and oxygen atoms in total. The fourth-order valence-electron chi connectivity index (χ4n) is 2.67. The van der Waals surface area contributed by atoms with Crippen molar-refractivity contribution in [3.8, 4) is 5.75 Å². The minimum Gasteiger partial charge on any atom is -0.497 e. The molecule has 0 unspecified atom stereocenters. The third-order valence-electron chi connectivity index (χ3n) is 3.89. The summed E-state index contributed by atoms with van der Waals surface area (Å²) in [5.74, 6) is 1.00. The highest BCUT2D eigenvalue weighted by molar-refractivity contribution is 5.50. The average molecular weight is 318 g/mol. The first-order chi connectivity index (χ1) is 11.1. The van der Waals surface area contributed by atoms with Crippen molar-refractivity contribution in [1.82, 2.24) is 14.8 Å². The monoisotopic (exact) mass is 318 g/mol. The van der Waals surface area contributed by atoms with E-state index >= 15 is 0 Å². The zero-order valence-electron chi connectivity index (χ0n) is 13.0. The van der Waals surface area contributed by atoms with Crippen molar-refractivity contribution in [2.75, 3.05) is 43.1 Å². The normalized spacial score (nSPS) is 14.9. The van der Waals surface area contributed by atoms with Crippen molar-refractivity contribution in [1.29, 1.82) is 0 Å². The average Bonchev–Trinajstić information content (AvgIpc) is 2.97. The molecule has 0 spiro atoms. The van der Waals surface area contributed by atoms with E-state index in [1.54, 1.807) is 14.2 Å². The summed E-state index contributed by atoms with van der Waals surface area (Å²) >= 11 is 0. The van der Waals surface area contributed by atoms with Gasteiger partial charge < -0.3 is 24.7 Å².